The molecule has 24 heavy (non-hydrogen) atoms. The van der Waals surface area contributed by atoms with Crippen molar-refractivity contribution >= 4 is 23.2 Å². The molecule has 0 spiro atoms. The first-order chi connectivity index (χ1) is 11.7. The van der Waals surface area contributed by atoms with Crippen molar-refractivity contribution in [3.8, 4) is 17.5 Å². The second kappa shape index (κ2) is 6.89. The van der Waals surface area contributed by atoms with Crippen molar-refractivity contribution in [3.05, 3.63) is 59.1 Å². The topological polar surface area (TPSA) is 96.5 Å². The van der Waals surface area contributed by atoms with Gasteiger partial charge in [0.2, 0.25) is 11.7 Å². The van der Waals surface area contributed by atoms with Gasteiger partial charge in [-0.1, -0.05) is 41.9 Å². The number of amides is 1. The van der Waals surface area contributed by atoms with Crippen molar-refractivity contribution < 1.29 is 4.79 Å². The summed E-state index contributed by atoms with van der Waals surface area (Å²) < 4.78 is 0. The maximum Gasteiger partial charge on any atom is 0.248 e. The molecule has 0 saturated carbocycles. The number of hydrogen-bond acceptors (Lipinski definition) is 5. The molecule has 1 heterocycles. The molecule has 0 aliphatic heterocycles. The van der Waals surface area contributed by atoms with Crippen LogP contribution in [0.3, 0.4) is 0 Å². The van der Waals surface area contributed by atoms with Crippen molar-refractivity contribution in [2.45, 2.75) is 6.54 Å². The van der Waals surface area contributed by atoms with Crippen molar-refractivity contribution in [2.24, 2.45) is 0 Å². The smallest absolute Gasteiger partial charge is 0.248 e. The molecule has 1 aromatic heterocycles. The van der Waals surface area contributed by atoms with Crippen molar-refractivity contribution in [3.63, 3.8) is 0 Å². The van der Waals surface area contributed by atoms with Crippen molar-refractivity contribution in [2.75, 3.05) is 5.32 Å². The van der Waals surface area contributed by atoms with E-state index in [1.165, 1.54) is 10.9 Å². The Labute approximate surface area is 142 Å². The molecule has 0 saturated heterocycles. The molecule has 0 unspecified atom stereocenters. The minimum Gasteiger partial charge on any atom is -0.323 e. The highest BCUT2D eigenvalue weighted by Crippen LogP contribution is 2.20. The average Bonchev–Trinajstić information content (AvgIpc) is 3.04. The van der Waals surface area contributed by atoms with Gasteiger partial charge >= 0.3 is 0 Å². The summed E-state index contributed by atoms with van der Waals surface area (Å²) in [5, 5.41) is 24.1. The number of nitriles is 1. The number of carbonyl (C=O) groups excluding carboxylic acids is 1. The summed E-state index contributed by atoms with van der Waals surface area (Å²) >= 11 is 5.89. The van der Waals surface area contributed by atoms with Gasteiger partial charge in [-0.2, -0.15) is 10.1 Å². The van der Waals surface area contributed by atoms with E-state index in [0.717, 1.165) is 5.56 Å². The lowest BCUT2D eigenvalue weighted by atomic mass is 10.2. The Morgan fingerprint density at radius 2 is 2.04 bits per heavy atom. The normalized spacial score (nSPS) is 10.2. The molecule has 3 aromatic rings. The molecular weight excluding hydrogens is 328 g/mol. The SMILES string of the molecule is N#Cc1ccc(Cl)cc1NC(=O)Cn1nnc(-c2ccccc2)n1. The number of hydrogen-bond donors (Lipinski definition) is 1. The predicted octanol–water partition coefficient (Wildman–Crippen LogP) is 2.50. The molecule has 7 nitrogen and oxygen atoms in total. The fourth-order valence-corrected chi connectivity index (χ4v) is 2.22. The lowest BCUT2D eigenvalue weighted by Gasteiger charge is -2.06. The molecule has 2 aromatic carbocycles. The van der Waals surface area contributed by atoms with Gasteiger partial charge in [-0.3, -0.25) is 4.79 Å². The average molecular weight is 339 g/mol. The van der Waals surface area contributed by atoms with Crippen LogP contribution < -0.4 is 5.32 Å². The molecule has 0 radical (unpaired) electrons. The van der Waals surface area contributed by atoms with Crippen LogP contribution in [0, 0.1) is 11.3 Å². The fraction of sp³-hybridized carbons (Fsp3) is 0.0625. The zero-order valence-electron chi connectivity index (χ0n) is 12.3. The molecule has 3 rings (SSSR count). The van der Waals surface area contributed by atoms with E-state index in [-0.39, 0.29) is 12.5 Å². The lowest BCUT2D eigenvalue weighted by Crippen LogP contribution is -2.21. The number of carbonyl (C=O) groups is 1. The summed E-state index contributed by atoms with van der Waals surface area (Å²) in [7, 11) is 0. The first-order valence-corrected chi connectivity index (χ1v) is 7.36. The highest BCUT2D eigenvalue weighted by Gasteiger charge is 2.11. The Hall–Kier alpha value is -3.24. The standard InChI is InChI=1S/C16H11ClN6O/c17-13-7-6-12(9-18)14(8-13)19-15(24)10-23-21-16(20-22-23)11-4-2-1-3-5-11/h1-8H,10H2,(H,19,24). The molecular formula is C16H11ClN6O. The van der Waals surface area contributed by atoms with Crippen LogP contribution in [0.1, 0.15) is 5.56 Å². The van der Waals surface area contributed by atoms with Crippen LogP contribution >= 0.6 is 11.6 Å². The van der Waals surface area contributed by atoms with E-state index in [1.54, 1.807) is 12.1 Å². The van der Waals surface area contributed by atoms with Gasteiger partial charge in [-0.25, -0.2) is 0 Å². The Balaban J connectivity index is 1.71. The third kappa shape index (κ3) is 3.56. The maximum atomic E-state index is 12.1. The van der Waals surface area contributed by atoms with Crippen molar-refractivity contribution in [1.29, 1.82) is 5.26 Å². The second-order valence-electron chi connectivity index (χ2n) is 4.86. The van der Waals surface area contributed by atoms with E-state index in [1.807, 2.05) is 36.4 Å². The van der Waals surface area contributed by atoms with Crippen molar-refractivity contribution in [1.82, 2.24) is 20.2 Å². The number of nitrogens with zero attached hydrogens (tertiary/aromatic N) is 5. The minimum atomic E-state index is -0.384. The number of tetrazole rings is 1. The molecule has 0 atom stereocenters. The summed E-state index contributed by atoms with van der Waals surface area (Å²) in [5.74, 6) is 0.0506. The van der Waals surface area contributed by atoms with E-state index < -0.39 is 0 Å². The maximum absolute atomic E-state index is 12.1. The molecule has 1 N–H and O–H groups in total. The largest absolute Gasteiger partial charge is 0.323 e. The monoisotopic (exact) mass is 338 g/mol. The molecule has 0 bridgehead atoms. The third-order valence-electron chi connectivity index (χ3n) is 3.15. The zero-order chi connectivity index (χ0) is 16.9. The highest BCUT2D eigenvalue weighted by molar-refractivity contribution is 6.31. The van der Waals surface area contributed by atoms with Crippen LogP contribution in [0.4, 0.5) is 5.69 Å². The second-order valence-corrected chi connectivity index (χ2v) is 5.30. The third-order valence-corrected chi connectivity index (χ3v) is 3.38. The fourth-order valence-electron chi connectivity index (χ4n) is 2.05. The van der Waals surface area contributed by atoms with Gasteiger partial charge in [0.25, 0.3) is 0 Å². The molecule has 0 fully saturated rings. The van der Waals surface area contributed by atoms with Gasteiger partial charge in [0.15, 0.2) is 0 Å². The van der Waals surface area contributed by atoms with Gasteiger partial charge in [0, 0.05) is 10.6 Å². The minimum absolute atomic E-state index is 0.128. The quantitative estimate of drug-likeness (QED) is 0.788. The molecule has 1 amide bonds. The van der Waals surface area contributed by atoms with E-state index >= 15 is 0 Å². The van der Waals surface area contributed by atoms with Crippen LogP contribution in [0.25, 0.3) is 11.4 Å². The van der Waals surface area contributed by atoms with Crippen LogP contribution in [-0.4, -0.2) is 26.1 Å². The van der Waals surface area contributed by atoms with Crippen LogP contribution in [-0.2, 0) is 11.3 Å². The van der Waals surface area contributed by atoms with E-state index in [9.17, 15) is 4.79 Å². The number of anilines is 1. The summed E-state index contributed by atoms with van der Waals surface area (Å²) in [4.78, 5) is 13.3. The Bertz CT molecular complexity index is 916. The van der Waals surface area contributed by atoms with Crippen LogP contribution in [0.15, 0.2) is 48.5 Å². The first-order valence-electron chi connectivity index (χ1n) is 6.98. The van der Waals surface area contributed by atoms with Crippen LogP contribution in [0.5, 0.6) is 0 Å². The number of halogens is 1. The number of rotatable bonds is 4. The summed E-state index contributed by atoms with van der Waals surface area (Å²) in [6.07, 6.45) is 0. The molecule has 8 heteroatoms. The van der Waals surface area contributed by atoms with Gasteiger partial charge < -0.3 is 5.32 Å². The van der Waals surface area contributed by atoms with Gasteiger partial charge in [-0.05, 0) is 23.4 Å². The van der Waals surface area contributed by atoms with E-state index in [4.69, 9.17) is 16.9 Å². The number of aromatic nitrogens is 4. The number of nitrogens with one attached hydrogen (secondary N) is 1. The summed E-state index contributed by atoms with van der Waals surface area (Å²) in [6.45, 7) is -0.128. The van der Waals surface area contributed by atoms with E-state index in [0.29, 0.717) is 22.1 Å². The number of benzene rings is 2. The Kier molecular flexibility index (Phi) is 4.50. The summed E-state index contributed by atoms with van der Waals surface area (Å²) in [6, 6.07) is 16.0. The Morgan fingerprint density at radius 3 is 2.79 bits per heavy atom. The highest BCUT2D eigenvalue weighted by atomic mass is 35.5. The molecule has 0 aliphatic carbocycles. The Morgan fingerprint density at radius 1 is 1.25 bits per heavy atom. The van der Waals surface area contributed by atoms with Gasteiger partial charge in [0.1, 0.15) is 12.6 Å². The van der Waals surface area contributed by atoms with Crippen LogP contribution in [0.2, 0.25) is 5.02 Å². The lowest BCUT2D eigenvalue weighted by molar-refractivity contribution is -0.117. The molecule has 118 valence electrons. The molecule has 0 aliphatic rings. The summed E-state index contributed by atoms with van der Waals surface area (Å²) in [5.41, 5.74) is 1.48. The van der Waals surface area contributed by atoms with Gasteiger partial charge in [-0.15, -0.1) is 10.2 Å². The van der Waals surface area contributed by atoms with Gasteiger partial charge in [0.05, 0.1) is 11.3 Å². The zero-order valence-corrected chi connectivity index (χ0v) is 13.1. The predicted molar refractivity (Wildman–Crippen MR) is 88.0 cm³/mol. The van der Waals surface area contributed by atoms with E-state index in [2.05, 4.69) is 20.7 Å². The first kappa shape index (κ1) is 15.6.